The van der Waals surface area contributed by atoms with Gasteiger partial charge in [0.15, 0.2) is 6.39 Å². The largest absolute Gasteiger partial charge is 0.438 e. The normalized spacial score (nSPS) is 18.8. The average molecular weight is 250 g/mol. The van der Waals surface area contributed by atoms with E-state index in [1.165, 1.54) is 44.7 Å². The molecule has 0 radical (unpaired) electrons. The molecule has 4 heteroatoms. The molecule has 1 N–H and O–H groups in total. The molecule has 1 heterocycles. The molecule has 1 aliphatic rings. The summed E-state index contributed by atoms with van der Waals surface area (Å²) in [5.74, 6) is 1.21. The van der Waals surface area contributed by atoms with Crippen LogP contribution in [0.15, 0.2) is 17.0 Å². The molecule has 1 saturated carbocycles. The van der Waals surface area contributed by atoms with E-state index < -0.39 is 0 Å². The topological polar surface area (TPSA) is 55.1 Å². The molecule has 1 aliphatic carbocycles. The Labute approximate surface area is 108 Å². The first-order valence-electron chi connectivity index (χ1n) is 6.88. The number of nitrogens with zero attached hydrogens (tertiary/aromatic N) is 1. The van der Waals surface area contributed by atoms with Crippen molar-refractivity contribution in [2.24, 2.45) is 11.8 Å². The molecule has 2 rings (SSSR count). The highest BCUT2D eigenvalue weighted by molar-refractivity contribution is 5.91. The lowest BCUT2D eigenvalue weighted by molar-refractivity contribution is 0.0862. The monoisotopic (exact) mass is 250 g/mol. The quantitative estimate of drug-likeness (QED) is 0.893. The summed E-state index contributed by atoms with van der Waals surface area (Å²) in [5, 5.41) is 3.12. The van der Waals surface area contributed by atoms with Crippen molar-refractivity contribution in [3.63, 3.8) is 0 Å². The fourth-order valence-electron chi connectivity index (χ4n) is 2.87. The molecule has 1 aromatic heterocycles. The maximum absolute atomic E-state index is 12.0. The lowest BCUT2D eigenvalue weighted by Crippen LogP contribution is -2.44. The number of carbonyl (C=O) groups excluding carboxylic acids is 1. The van der Waals surface area contributed by atoms with E-state index in [-0.39, 0.29) is 11.9 Å². The van der Waals surface area contributed by atoms with E-state index in [9.17, 15) is 4.79 Å². The van der Waals surface area contributed by atoms with Gasteiger partial charge in [0.2, 0.25) is 5.76 Å². The number of rotatable bonds is 4. The molecule has 1 atom stereocenters. The van der Waals surface area contributed by atoms with E-state index in [4.69, 9.17) is 4.42 Å². The van der Waals surface area contributed by atoms with Crippen LogP contribution in [0, 0.1) is 11.8 Å². The van der Waals surface area contributed by atoms with Crippen molar-refractivity contribution in [3.05, 3.63) is 18.4 Å². The minimum Gasteiger partial charge on any atom is -0.438 e. The molecule has 1 amide bonds. The van der Waals surface area contributed by atoms with E-state index in [1.54, 1.807) is 0 Å². The Bertz CT molecular complexity index is 367. The zero-order chi connectivity index (χ0) is 13.0. The summed E-state index contributed by atoms with van der Waals surface area (Å²) in [6.07, 6.45) is 9.10. The maximum Gasteiger partial charge on any atom is 0.288 e. The number of aromatic nitrogens is 1. The third-order valence-electron chi connectivity index (χ3n) is 3.83. The number of amides is 1. The van der Waals surface area contributed by atoms with Crippen LogP contribution in [0.5, 0.6) is 0 Å². The molecular formula is C14H22N2O2. The highest BCUT2D eigenvalue weighted by Crippen LogP contribution is 2.29. The molecule has 1 unspecified atom stereocenters. The van der Waals surface area contributed by atoms with E-state index >= 15 is 0 Å². The Morgan fingerprint density at radius 1 is 1.39 bits per heavy atom. The summed E-state index contributed by atoms with van der Waals surface area (Å²) in [6, 6.07) is 0.239. The van der Waals surface area contributed by atoms with Gasteiger partial charge < -0.3 is 9.73 Å². The molecule has 100 valence electrons. The minimum absolute atomic E-state index is 0.142. The first-order chi connectivity index (χ1) is 8.68. The summed E-state index contributed by atoms with van der Waals surface area (Å²) in [5.41, 5.74) is 0. The van der Waals surface area contributed by atoms with Crippen molar-refractivity contribution in [2.45, 2.75) is 52.0 Å². The predicted molar refractivity (Wildman–Crippen MR) is 69.2 cm³/mol. The van der Waals surface area contributed by atoms with Gasteiger partial charge >= 0.3 is 0 Å². The van der Waals surface area contributed by atoms with Gasteiger partial charge in [0, 0.05) is 6.04 Å². The Kier molecular flexibility index (Phi) is 4.39. The van der Waals surface area contributed by atoms with Crippen LogP contribution in [0.25, 0.3) is 0 Å². The van der Waals surface area contributed by atoms with Gasteiger partial charge in [0.1, 0.15) is 0 Å². The van der Waals surface area contributed by atoms with E-state index in [0.29, 0.717) is 17.6 Å². The van der Waals surface area contributed by atoms with E-state index in [2.05, 4.69) is 24.1 Å². The zero-order valence-electron chi connectivity index (χ0n) is 11.2. The van der Waals surface area contributed by atoms with Gasteiger partial charge in [-0.15, -0.1) is 0 Å². The van der Waals surface area contributed by atoms with Crippen molar-refractivity contribution in [3.8, 4) is 0 Å². The predicted octanol–water partition coefficient (Wildman–Crippen LogP) is 3.01. The Hall–Kier alpha value is -1.32. The van der Waals surface area contributed by atoms with Crippen molar-refractivity contribution in [1.82, 2.24) is 10.3 Å². The molecule has 0 aromatic carbocycles. The first-order valence-corrected chi connectivity index (χ1v) is 6.88. The molecule has 0 bridgehead atoms. The second kappa shape index (κ2) is 6.03. The van der Waals surface area contributed by atoms with Crippen molar-refractivity contribution < 1.29 is 9.21 Å². The van der Waals surface area contributed by atoms with E-state index in [0.717, 1.165) is 0 Å². The third kappa shape index (κ3) is 3.12. The van der Waals surface area contributed by atoms with Crippen molar-refractivity contribution in [1.29, 1.82) is 0 Å². The van der Waals surface area contributed by atoms with E-state index in [1.807, 2.05) is 0 Å². The number of hydrogen-bond acceptors (Lipinski definition) is 3. The van der Waals surface area contributed by atoms with Gasteiger partial charge in [-0.05, 0) is 24.7 Å². The second-order valence-electron chi connectivity index (χ2n) is 5.51. The SMILES string of the molecule is CC(C)C(NC(=O)c1cnco1)C1CCCCC1. The number of nitrogens with one attached hydrogen (secondary N) is 1. The Morgan fingerprint density at radius 3 is 2.67 bits per heavy atom. The standard InChI is InChI=1S/C14H22N2O2/c1-10(2)13(11-6-4-3-5-7-11)16-14(17)12-8-15-9-18-12/h8-11,13H,3-7H2,1-2H3,(H,16,17). The van der Waals surface area contributed by atoms with Gasteiger partial charge in [-0.3, -0.25) is 4.79 Å². The third-order valence-corrected chi connectivity index (χ3v) is 3.83. The Morgan fingerprint density at radius 2 is 2.11 bits per heavy atom. The lowest BCUT2D eigenvalue weighted by Gasteiger charge is -2.33. The molecule has 0 aliphatic heterocycles. The molecule has 0 saturated heterocycles. The fraction of sp³-hybridized carbons (Fsp3) is 0.714. The lowest BCUT2D eigenvalue weighted by atomic mass is 9.79. The summed E-state index contributed by atoms with van der Waals surface area (Å²) in [6.45, 7) is 4.33. The highest BCUT2D eigenvalue weighted by Gasteiger charge is 2.28. The highest BCUT2D eigenvalue weighted by atomic mass is 16.3. The zero-order valence-corrected chi connectivity index (χ0v) is 11.2. The average Bonchev–Trinajstić information content (AvgIpc) is 2.90. The van der Waals surface area contributed by atoms with Crippen LogP contribution in [0.2, 0.25) is 0 Å². The second-order valence-corrected chi connectivity index (χ2v) is 5.51. The molecular weight excluding hydrogens is 228 g/mol. The van der Waals surface area contributed by atoms with Gasteiger partial charge in [0.05, 0.1) is 6.20 Å². The number of hydrogen-bond donors (Lipinski definition) is 1. The van der Waals surface area contributed by atoms with Crippen molar-refractivity contribution in [2.75, 3.05) is 0 Å². The molecule has 1 aromatic rings. The first kappa shape index (κ1) is 13.1. The van der Waals surface area contributed by atoms with Crippen LogP contribution in [-0.4, -0.2) is 16.9 Å². The van der Waals surface area contributed by atoms with Crippen LogP contribution in [0.3, 0.4) is 0 Å². The maximum atomic E-state index is 12.0. The summed E-state index contributed by atoms with van der Waals surface area (Å²) in [4.78, 5) is 15.8. The van der Waals surface area contributed by atoms with Crippen LogP contribution in [-0.2, 0) is 0 Å². The van der Waals surface area contributed by atoms with Gasteiger partial charge in [-0.2, -0.15) is 0 Å². The summed E-state index contributed by atoms with van der Waals surface area (Å²) >= 11 is 0. The van der Waals surface area contributed by atoms with Gasteiger partial charge in [0.25, 0.3) is 5.91 Å². The number of oxazole rings is 1. The minimum atomic E-state index is -0.142. The molecule has 0 spiro atoms. The fourth-order valence-corrected chi connectivity index (χ4v) is 2.87. The van der Waals surface area contributed by atoms with Crippen LogP contribution >= 0.6 is 0 Å². The van der Waals surface area contributed by atoms with Gasteiger partial charge in [-0.1, -0.05) is 33.1 Å². The van der Waals surface area contributed by atoms with Crippen LogP contribution in [0.4, 0.5) is 0 Å². The van der Waals surface area contributed by atoms with Crippen LogP contribution in [0.1, 0.15) is 56.5 Å². The molecule has 18 heavy (non-hydrogen) atoms. The molecule has 4 nitrogen and oxygen atoms in total. The van der Waals surface area contributed by atoms with Crippen LogP contribution < -0.4 is 5.32 Å². The summed E-state index contributed by atoms with van der Waals surface area (Å²) < 4.78 is 5.04. The molecule has 1 fully saturated rings. The van der Waals surface area contributed by atoms with Crippen molar-refractivity contribution >= 4 is 5.91 Å². The number of carbonyl (C=O) groups is 1. The van der Waals surface area contributed by atoms with Gasteiger partial charge in [-0.25, -0.2) is 4.98 Å². The Balaban J connectivity index is 1.99. The smallest absolute Gasteiger partial charge is 0.288 e. The summed E-state index contributed by atoms with van der Waals surface area (Å²) in [7, 11) is 0.